The van der Waals surface area contributed by atoms with Crippen LogP contribution in [0.4, 0.5) is 4.39 Å². The second kappa shape index (κ2) is 5.40. The molecule has 4 saturated carbocycles. The van der Waals surface area contributed by atoms with Crippen molar-refractivity contribution in [3.8, 4) is 0 Å². The third kappa shape index (κ3) is 2.45. The van der Waals surface area contributed by atoms with Gasteiger partial charge in [0.25, 0.3) is 0 Å². The fraction of sp³-hybridized carbons (Fsp3) is 0.579. The minimum Gasteiger partial charge on any atom is -0.318 e. The first-order chi connectivity index (χ1) is 12.0. The van der Waals surface area contributed by atoms with Crippen LogP contribution in [0.15, 0.2) is 23.3 Å². The summed E-state index contributed by atoms with van der Waals surface area (Å²) in [6.07, 6.45) is 7.06. The Kier molecular flexibility index (Phi) is 3.36. The van der Waals surface area contributed by atoms with Crippen molar-refractivity contribution in [2.24, 2.45) is 35.3 Å². The number of halogens is 1. The average molecular weight is 359 g/mol. The lowest BCUT2D eigenvalue weighted by Gasteiger charge is -2.55. The largest absolute Gasteiger partial charge is 0.318 e. The normalized spacial score (nSPS) is 34.0. The van der Waals surface area contributed by atoms with Gasteiger partial charge in [0.15, 0.2) is 0 Å². The van der Waals surface area contributed by atoms with Crippen LogP contribution in [0.3, 0.4) is 0 Å². The number of rotatable bonds is 2. The quantitative estimate of drug-likeness (QED) is 0.819. The lowest BCUT2D eigenvalue weighted by molar-refractivity contribution is -0.146. The number of nitrogens with zero attached hydrogens (tertiary/aromatic N) is 2. The van der Waals surface area contributed by atoms with Crippen LogP contribution in [-0.2, 0) is 11.8 Å². The van der Waals surface area contributed by atoms with Gasteiger partial charge in [-0.25, -0.2) is 9.82 Å². The van der Waals surface area contributed by atoms with Crippen LogP contribution in [0.2, 0.25) is 0 Å². The molecule has 2 aromatic rings. The highest BCUT2D eigenvalue weighted by molar-refractivity contribution is 7.16. The van der Waals surface area contributed by atoms with Crippen molar-refractivity contribution in [1.82, 2.24) is 9.99 Å². The summed E-state index contributed by atoms with van der Waals surface area (Å²) in [7, 11) is 1.90. The first-order valence-corrected chi connectivity index (χ1v) is 9.93. The summed E-state index contributed by atoms with van der Waals surface area (Å²) in [5, 5.41) is 4.39. The molecule has 0 saturated heterocycles. The number of hydrogen-bond acceptors (Lipinski definition) is 3. The molecule has 0 unspecified atom stereocenters. The summed E-state index contributed by atoms with van der Waals surface area (Å²) in [5.41, 5.74) is 3.58. The Balaban J connectivity index is 1.43. The molecule has 4 fully saturated rings. The van der Waals surface area contributed by atoms with E-state index in [1.165, 1.54) is 42.7 Å². The molecule has 1 aromatic heterocycles. The van der Waals surface area contributed by atoms with Gasteiger partial charge in [0.05, 0.1) is 15.6 Å². The van der Waals surface area contributed by atoms with Gasteiger partial charge in [-0.2, -0.15) is 0 Å². The van der Waals surface area contributed by atoms with Gasteiger partial charge in [0, 0.05) is 7.05 Å². The first-order valence-electron chi connectivity index (χ1n) is 9.12. The average Bonchev–Trinajstić information content (AvgIpc) is 2.86. The summed E-state index contributed by atoms with van der Waals surface area (Å²) in [5.74, 6) is 2.05. The fourth-order valence-corrected chi connectivity index (χ4v) is 6.82. The highest BCUT2D eigenvalue weighted by Gasteiger charge is 2.54. The molecule has 4 nitrogen and oxygen atoms in total. The van der Waals surface area contributed by atoms with E-state index in [-0.39, 0.29) is 17.1 Å². The number of benzene rings is 1. The van der Waals surface area contributed by atoms with Crippen molar-refractivity contribution in [2.75, 3.05) is 0 Å². The number of thiazole rings is 1. The summed E-state index contributed by atoms with van der Waals surface area (Å²) in [4.78, 5) is 13.7. The van der Waals surface area contributed by atoms with Crippen LogP contribution in [0.1, 0.15) is 38.5 Å². The minimum absolute atomic E-state index is 0.0928. The van der Waals surface area contributed by atoms with Crippen LogP contribution in [0.25, 0.3) is 10.2 Å². The van der Waals surface area contributed by atoms with Crippen molar-refractivity contribution in [2.45, 2.75) is 38.5 Å². The van der Waals surface area contributed by atoms with E-state index in [2.05, 4.69) is 10.5 Å². The van der Waals surface area contributed by atoms with Crippen molar-refractivity contribution >= 4 is 27.5 Å². The maximum absolute atomic E-state index is 13.4. The van der Waals surface area contributed by atoms with Crippen molar-refractivity contribution in [1.29, 1.82) is 0 Å². The van der Waals surface area contributed by atoms with Crippen molar-refractivity contribution in [3.63, 3.8) is 0 Å². The zero-order valence-corrected chi connectivity index (χ0v) is 15.1. The van der Waals surface area contributed by atoms with E-state index < -0.39 is 0 Å². The monoisotopic (exact) mass is 359 g/mol. The van der Waals surface area contributed by atoms with Gasteiger partial charge in [0.1, 0.15) is 5.82 Å². The Hall–Kier alpha value is -1.69. The molecule has 0 radical (unpaired) electrons. The Morgan fingerprint density at radius 3 is 2.52 bits per heavy atom. The number of aromatic nitrogens is 1. The third-order valence-corrected chi connectivity index (χ3v) is 7.64. The minimum atomic E-state index is -0.251. The number of carbonyl (C=O) groups is 1. The molecule has 25 heavy (non-hydrogen) atoms. The second-order valence-electron chi connectivity index (χ2n) is 8.31. The summed E-state index contributed by atoms with van der Waals surface area (Å²) in [6.45, 7) is 0. The third-order valence-electron chi connectivity index (χ3n) is 6.54. The van der Waals surface area contributed by atoms with Gasteiger partial charge in [-0.3, -0.25) is 4.79 Å². The van der Waals surface area contributed by atoms with E-state index in [1.807, 2.05) is 11.6 Å². The van der Waals surface area contributed by atoms with E-state index in [0.717, 1.165) is 47.2 Å². The summed E-state index contributed by atoms with van der Waals surface area (Å²) in [6, 6.07) is 4.72. The molecule has 0 atom stereocenters. The molecular weight excluding hydrogens is 337 g/mol. The lowest BCUT2D eigenvalue weighted by Crippen LogP contribution is -2.53. The lowest BCUT2D eigenvalue weighted by atomic mass is 9.49. The molecule has 6 rings (SSSR count). The van der Waals surface area contributed by atoms with Crippen LogP contribution >= 0.6 is 11.3 Å². The van der Waals surface area contributed by atoms with E-state index in [4.69, 9.17) is 0 Å². The molecule has 4 bridgehead atoms. The van der Waals surface area contributed by atoms with E-state index in [9.17, 15) is 9.18 Å². The Morgan fingerprint density at radius 1 is 1.24 bits per heavy atom. The van der Waals surface area contributed by atoms with Crippen molar-refractivity contribution < 1.29 is 9.18 Å². The van der Waals surface area contributed by atoms with Gasteiger partial charge < -0.3 is 4.57 Å². The van der Waals surface area contributed by atoms with Gasteiger partial charge in [0.2, 0.25) is 10.7 Å². The van der Waals surface area contributed by atoms with E-state index >= 15 is 0 Å². The van der Waals surface area contributed by atoms with Gasteiger partial charge >= 0.3 is 0 Å². The molecular formula is C19H22FN3OS. The van der Waals surface area contributed by atoms with Crippen LogP contribution < -0.4 is 10.2 Å². The highest BCUT2D eigenvalue weighted by Crippen LogP contribution is 2.60. The second-order valence-corrected chi connectivity index (χ2v) is 9.32. The number of nitrogens with one attached hydrogen (secondary N) is 1. The molecule has 0 aliphatic heterocycles. The molecule has 1 N–H and O–H groups in total. The predicted molar refractivity (Wildman–Crippen MR) is 95.1 cm³/mol. The summed E-state index contributed by atoms with van der Waals surface area (Å²) >= 11 is 1.40. The Morgan fingerprint density at radius 2 is 1.88 bits per heavy atom. The van der Waals surface area contributed by atoms with Crippen molar-refractivity contribution in [3.05, 3.63) is 28.8 Å². The number of amides is 1. The molecule has 6 heteroatoms. The van der Waals surface area contributed by atoms with Crippen LogP contribution in [-0.4, -0.2) is 10.5 Å². The zero-order chi connectivity index (χ0) is 17.2. The first kappa shape index (κ1) is 15.6. The molecule has 4 aliphatic carbocycles. The van der Waals surface area contributed by atoms with Crippen LogP contribution in [0, 0.1) is 29.0 Å². The zero-order valence-electron chi connectivity index (χ0n) is 14.3. The molecule has 0 spiro atoms. The predicted octanol–water partition coefficient (Wildman–Crippen LogP) is 3.53. The number of fused-ring (bicyclic) bond motifs is 1. The number of hydrogen-bond donors (Lipinski definition) is 1. The maximum Gasteiger partial charge on any atom is 0.246 e. The fourth-order valence-electron chi connectivity index (χ4n) is 5.82. The standard InChI is InChI=1S/C19H22FN3OS/c1-23-15-3-2-14(20)7-16(15)25-18(23)22-21-17(24)19-8-11-4-12(9-19)6-13(5-11)10-19/h2-3,7,11-13H,4-6,8-10H2,1H3,(H,21,24)/b22-18+. The van der Waals surface area contributed by atoms with Gasteiger partial charge in [-0.1, -0.05) is 11.3 Å². The molecule has 1 aromatic carbocycles. The van der Waals surface area contributed by atoms with E-state index in [0.29, 0.717) is 4.80 Å². The molecule has 4 aliphatic rings. The SMILES string of the molecule is Cn1/c(=N\NC(=O)C23CC4CC(CC(C4)C2)C3)sc2cc(F)ccc21. The smallest absolute Gasteiger partial charge is 0.246 e. The summed E-state index contributed by atoms with van der Waals surface area (Å²) < 4.78 is 16.2. The topological polar surface area (TPSA) is 46.4 Å². The van der Waals surface area contributed by atoms with E-state index in [1.54, 1.807) is 6.07 Å². The Bertz CT molecular complexity index is 893. The molecule has 132 valence electrons. The Labute approximate surface area is 149 Å². The molecule has 1 heterocycles. The van der Waals surface area contributed by atoms with Gasteiger partial charge in [-0.15, -0.1) is 5.10 Å². The van der Waals surface area contributed by atoms with Gasteiger partial charge in [-0.05, 0) is 74.5 Å². The number of aryl methyl sites for hydroxylation is 1. The molecule has 1 amide bonds. The van der Waals surface area contributed by atoms with Crippen LogP contribution in [0.5, 0.6) is 0 Å². The number of carbonyl (C=O) groups excluding carboxylic acids is 1. The highest BCUT2D eigenvalue weighted by atomic mass is 32.1. The maximum atomic E-state index is 13.4.